The average Bonchev–Trinajstić information content (AvgIpc) is 3.29. The summed E-state index contributed by atoms with van der Waals surface area (Å²) in [6.45, 7) is 1.60. The predicted octanol–water partition coefficient (Wildman–Crippen LogP) is 3.09. The third kappa shape index (κ3) is 5.37. The van der Waals surface area contributed by atoms with Crippen molar-refractivity contribution in [1.82, 2.24) is 15.2 Å². The first kappa shape index (κ1) is 21.2. The molecule has 6 nitrogen and oxygen atoms in total. The molecule has 0 bridgehead atoms. The molecule has 0 saturated carbocycles. The van der Waals surface area contributed by atoms with Crippen LogP contribution in [0.4, 0.5) is 0 Å². The minimum absolute atomic E-state index is 0.00345. The van der Waals surface area contributed by atoms with E-state index in [4.69, 9.17) is 0 Å². The fourth-order valence-corrected chi connectivity index (χ4v) is 4.50. The molecule has 1 N–H and O–H groups in total. The number of nitrogens with one attached hydrogen (secondary N) is 1. The zero-order valence-corrected chi connectivity index (χ0v) is 17.8. The Hall–Kier alpha value is -3.02. The number of piperidine rings is 1. The summed E-state index contributed by atoms with van der Waals surface area (Å²) in [5.74, 6) is -0.00653. The largest absolute Gasteiger partial charge is 0.352 e. The molecule has 1 saturated heterocycles. The second-order valence-corrected chi connectivity index (χ2v) is 8.49. The molecule has 6 heteroatoms. The van der Waals surface area contributed by atoms with E-state index >= 15 is 0 Å². The number of amides is 2. The molecule has 0 atom stereocenters. The lowest BCUT2D eigenvalue weighted by Gasteiger charge is -2.31. The van der Waals surface area contributed by atoms with E-state index in [1.807, 2.05) is 24.3 Å². The molecule has 1 aromatic heterocycles. The molecule has 2 aliphatic rings. The van der Waals surface area contributed by atoms with E-state index in [9.17, 15) is 14.4 Å². The van der Waals surface area contributed by atoms with Crippen LogP contribution in [-0.4, -0.2) is 40.6 Å². The maximum atomic E-state index is 12.6. The fraction of sp³-hybridized carbons (Fsp3) is 0.440. The number of fused-ring (bicyclic) bond motifs is 1. The first-order valence-electron chi connectivity index (χ1n) is 11.2. The van der Waals surface area contributed by atoms with Crippen LogP contribution in [0.5, 0.6) is 0 Å². The van der Waals surface area contributed by atoms with Crippen LogP contribution in [0, 0.1) is 5.92 Å². The summed E-state index contributed by atoms with van der Waals surface area (Å²) in [5.41, 5.74) is 4.31. The molecular weight excluding hydrogens is 390 g/mol. The monoisotopic (exact) mass is 419 g/mol. The van der Waals surface area contributed by atoms with Crippen molar-refractivity contribution >= 4 is 17.6 Å². The zero-order valence-electron chi connectivity index (χ0n) is 17.8. The molecule has 0 spiro atoms. The Kier molecular flexibility index (Phi) is 6.75. The van der Waals surface area contributed by atoms with Gasteiger partial charge in [0.15, 0.2) is 5.78 Å². The first-order valence-corrected chi connectivity index (χ1v) is 11.2. The third-order valence-electron chi connectivity index (χ3n) is 6.39. The number of Topliss-reactive ketones (excluding diaryl/α,β-unsaturated/α-hetero) is 1. The molecule has 162 valence electrons. The van der Waals surface area contributed by atoms with E-state index in [1.54, 1.807) is 17.3 Å². The van der Waals surface area contributed by atoms with Crippen LogP contribution in [0.3, 0.4) is 0 Å². The quantitative estimate of drug-likeness (QED) is 0.700. The number of aromatic nitrogens is 1. The van der Waals surface area contributed by atoms with Crippen LogP contribution in [0.2, 0.25) is 0 Å². The maximum absolute atomic E-state index is 12.6. The molecule has 1 aromatic carbocycles. The van der Waals surface area contributed by atoms with Gasteiger partial charge in [0.25, 0.3) is 0 Å². The second-order valence-electron chi connectivity index (χ2n) is 8.49. The number of hydrogen-bond acceptors (Lipinski definition) is 4. The minimum Gasteiger partial charge on any atom is -0.352 e. The summed E-state index contributed by atoms with van der Waals surface area (Å²) in [5, 5.41) is 2.96. The van der Waals surface area contributed by atoms with Gasteiger partial charge in [0.05, 0.1) is 0 Å². The Morgan fingerprint density at radius 1 is 1.03 bits per heavy atom. The molecular formula is C25H29N3O3. The van der Waals surface area contributed by atoms with Crippen LogP contribution in [-0.2, 0) is 29.0 Å². The number of aryl methyl sites for hydroxylation is 2. The Morgan fingerprint density at radius 3 is 2.61 bits per heavy atom. The topological polar surface area (TPSA) is 79.4 Å². The lowest BCUT2D eigenvalue weighted by molar-refractivity contribution is -0.135. The van der Waals surface area contributed by atoms with Crippen molar-refractivity contribution < 1.29 is 14.4 Å². The molecule has 4 rings (SSSR count). The Morgan fingerprint density at radius 2 is 1.84 bits per heavy atom. The SMILES string of the molecule is O=C(CCC(=O)N1CCC(C(=O)NCc2cccnc2)CC1)c1ccc2c(c1)CCC2. The molecule has 1 aliphatic carbocycles. The van der Waals surface area contributed by atoms with Gasteiger partial charge in [-0.25, -0.2) is 0 Å². The fourth-order valence-electron chi connectivity index (χ4n) is 4.50. The first-order chi connectivity index (χ1) is 15.1. The number of pyridine rings is 1. The van der Waals surface area contributed by atoms with Crippen molar-refractivity contribution in [2.75, 3.05) is 13.1 Å². The molecule has 1 aliphatic heterocycles. The molecule has 0 unspecified atom stereocenters. The van der Waals surface area contributed by atoms with Gasteiger partial charge in [-0.1, -0.05) is 18.2 Å². The number of hydrogen-bond donors (Lipinski definition) is 1. The predicted molar refractivity (Wildman–Crippen MR) is 117 cm³/mol. The Bertz CT molecular complexity index is 950. The van der Waals surface area contributed by atoms with Crippen LogP contribution in [0.15, 0.2) is 42.7 Å². The van der Waals surface area contributed by atoms with Gasteiger partial charge < -0.3 is 10.2 Å². The lowest BCUT2D eigenvalue weighted by atomic mass is 9.95. The van der Waals surface area contributed by atoms with Gasteiger partial charge in [-0.15, -0.1) is 0 Å². The molecule has 31 heavy (non-hydrogen) atoms. The van der Waals surface area contributed by atoms with Crippen molar-refractivity contribution in [3.8, 4) is 0 Å². The minimum atomic E-state index is -0.0752. The maximum Gasteiger partial charge on any atom is 0.223 e. The second kappa shape index (κ2) is 9.86. The van der Waals surface area contributed by atoms with Gasteiger partial charge in [-0.3, -0.25) is 19.4 Å². The van der Waals surface area contributed by atoms with Gasteiger partial charge in [0.1, 0.15) is 0 Å². The van der Waals surface area contributed by atoms with Crippen LogP contribution in [0.25, 0.3) is 0 Å². The number of carbonyl (C=O) groups excluding carboxylic acids is 3. The standard InChI is InChI=1S/C25H29N3O3/c29-23(22-7-6-19-4-1-5-21(19)15-22)8-9-24(30)28-13-10-20(11-14-28)25(31)27-17-18-3-2-12-26-16-18/h2-3,6-7,12,15-16,20H,1,4-5,8-11,13-14,17H2,(H,27,31). The van der Waals surface area contributed by atoms with Crippen LogP contribution >= 0.6 is 0 Å². The molecule has 0 radical (unpaired) electrons. The lowest BCUT2D eigenvalue weighted by Crippen LogP contribution is -2.43. The van der Waals surface area contributed by atoms with E-state index in [-0.39, 0.29) is 36.4 Å². The van der Waals surface area contributed by atoms with Crippen molar-refractivity contribution in [3.05, 3.63) is 65.0 Å². The van der Waals surface area contributed by atoms with Gasteiger partial charge in [-0.05, 0) is 60.9 Å². The zero-order chi connectivity index (χ0) is 21.6. The van der Waals surface area contributed by atoms with E-state index in [0.29, 0.717) is 32.5 Å². The summed E-state index contributed by atoms with van der Waals surface area (Å²) < 4.78 is 0. The number of benzene rings is 1. The summed E-state index contributed by atoms with van der Waals surface area (Å²) in [6.07, 6.45) is 8.52. The summed E-state index contributed by atoms with van der Waals surface area (Å²) in [4.78, 5) is 43.4. The number of likely N-dealkylation sites (tertiary alicyclic amines) is 1. The summed E-state index contributed by atoms with van der Waals surface area (Å²) >= 11 is 0. The molecule has 2 heterocycles. The highest BCUT2D eigenvalue weighted by atomic mass is 16.2. The number of carbonyl (C=O) groups is 3. The highest BCUT2D eigenvalue weighted by Gasteiger charge is 2.27. The van der Waals surface area contributed by atoms with Gasteiger partial charge in [0, 0.05) is 56.4 Å². The Balaban J connectivity index is 1.19. The van der Waals surface area contributed by atoms with E-state index in [2.05, 4.69) is 16.4 Å². The molecule has 2 aromatic rings. The average molecular weight is 420 g/mol. The number of rotatable bonds is 7. The van der Waals surface area contributed by atoms with Crippen molar-refractivity contribution in [2.24, 2.45) is 5.92 Å². The van der Waals surface area contributed by atoms with Crippen molar-refractivity contribution in [2.45, 2.75) is 51.5 Å². The molecule has 1 fully saturated rings. The van der Waals surface area contributed by atoms with E-state index < -0.39 is 0 Å². The van der Waals surface area contributed by atoms with Gasteiger partial charge in [0.2, 0.25) is 11.8 Å². The summed E-state index contributed by atoms with van der Waals surface area (Å²) in [6, 6.07) is 9.73. The summed E-state index contributed by atoms with van der Waals surface area (Å²) in [7, 11) is 0. The van der Waals surface area contributed by atoms with E-state index in [0.717, 1.165) is 30.4 Å². The van der Waals surface area contributed by atoms with Crippen LogP contribution in [0.1, 0.15) is 59.2 Å². The number of nitrogens with zero attached hydrogens (tertiary/aromatic N) is 2. The normalized spacial score (nSPS) is 16.1. The smallest absolute Gasteiger partial charge is 0.223 e. The third-order valence-corrected chi connectivity index (χ3v) is 6.39. The van der Waals surface area contributed by atoms with Crippen LogP contribution < -0.4 is 5.32 Å². The highest BCUT2D eigenvalue weighted by molar-refractivity contribution is 5.98. The van der Waals surface area contributed by atoms with Crippen molar-refractivity contribution in [1.29, 1.82) is 0 Å². The van der Waals surface area contributed by atoms with E-state index in [1.165, 1.54) is 11.1 Å². The Labute approximate surface area is 183 Å². The van der Waals surface area contributed by atoms with Gasteiger partial charge >= 0.3 is 0 Å². The number of ketones is 1. The molecule has 2 amide bonds. The van der Waals surface area contributed by atoms with Gasteiger partial charge in [-0.2, -0.15) is 0 Å². The highest BCUT2D eigenvalue weighted by Crippen LogP contribution is 2.24. The van der Waals surface area contributed by atoms with Crippen molar-refractivity contribution in [3.63, 3.8) is 0 Å².